The minimum absolute atomic E-state index is 0.0351. The normalized spacial score (nSPS) is 12.4. The molecular weight excluding hydrogens is 281 g/mol. The van der Waals surface area contributed by atoms with Crippen molar-refractivity contribution in [3.8, 4) is 0 Å². The van der Waals surface area contributed by atoms with Crippen molar-refractivity contribution in [1.29, 1.82) is 0 Å². The molecule has 19 heavy (non-hydrogen) atoms. The Bertz CT molecular complexity index is 562. The molecular formula is C12H13F3O3S. The molecule has 0 saturated carbocycles. The van der Waals surface area contributed by atoms with Crippen molar-refractivity contribution in [3.63, 3.8) is 0 Å². The molecule has 0 amide bonds. The highest BCUT2D eigenvalue weighted by molar-refractivity contribution is 7.92. The number of carbonyl (C=O) groups is 1. The number of ketones is 1. The van der Waals surface area contributed by atoms with Gasteiger partial charge in [0.15, 0.2) is 9.84 Å². The van der Waals surface area contributed by atoms with Crippen LogP contribution in [0.1, 0.15) is 25.3 Å². The Labute approximate surface area is 109 Å². The first-order valence-corrected chi connectivity index (χ1v) is 7.24. The third-order valence-corrected chi connectivity index (χ3v) is 4.14. The molecule has 0 aliphatic heterocycles. The lowest BCUT2D eigenvalue weighted by Gasteiger charge is -2.12. The molecule has 1 aromatic rings. The van der Waals surface area contributed by atoms with Crippen LogP contribution in [-0.2, 0) is 20.8 Å². The van der Waals surface area contributed by atoms with Crippen LogP contribution in [-0.4, -0.2) is 20.0 Å². The fraction of sp³-hybridized carbons (Fsp3) is 0.417. The summed E-state index contributed by atoms with van der Waals surface area (Å²) in [5.74, 6) is -1.48. The maximum atomic E-state index is 12.7. The first-order chi connectivity index (χ1) is 8.68. The summed E-state index contributed by atoms with van der Waals surface area (Å²) >= 11 is 0. The van der Waals surface area contributed by atoms with E-state index in [-0.39, 0.29) is 6.42 Å². The largest absolute Gasteiger partial charge is 0.417 e. The maximum Gasteiger partial charge on any atom is 0.417 e. The molecule has 0 atom stereocenters. The maximum absolute atomic E-state index is 12.7. The molecule has 106 valence electrons. The summed E-state index contributed by atoms with van der Waals surface area (Å²) in [5, 5.41) is 0. The van der Waals surface area contributed by atoms with Crippen LogP contribution in [0.25, 0.3) is 0 Å². The molecule has 0 spiro atoms. The number of benzene rings is 1. The zero-order valence-electron chi connectivity index (χ0n) is 10.2. The first kappa shape index (κ1) is 15.7. The smallest absolute Gasteiger partial charge is 0.299 e. The molecule has 1 rings (SSSR count). The molecule has 0 saturated heterocycles. The molecule has 0 aliphatic carbocycles. The van der Waals surface area contributed by atoms with Gasteiger partial charge in [-0.3, -0.25) is 4.79 Å². The van der Waals surface area contributed by atoms with E-state index in [1.54, 1.807) is 6.92 Å². The summed E-state index contributed by atoms with van der Waals surface area (Å²) in [6.07, 6.45) is -4.28. The summed E-state index contributed by atoms with van der Waals surface area (Å²) in [6.45, 7) is 1.69. The van der Waals surface area contributed by atoms with Crippen molar-refractivity contribution in [2.45, 2.75) is 30.8 Å². The Hall–Kier alpha value is -1.37. The quantitative estimate of drug-likeness (QED) is 0.839. The molecule has 0 aromatic heterocycles. The predicted molar refractivity (Wildman–Crippen MR) is 63.4 cm³/mol. The number of carbonyl (C=O) groups excluding carboxylic acids is 1. The third-order valence-electron chi connectivity index (χ3n) is 2.41. The van der Waals surface area contributed by atoms with Gasteiger partial charge in [-0.1, -0.05) is 19.1 Å². The van der Waals surface area contributed by atoms with Crippen LogP contribution in [0.2, 0.25) is 0 Å². The Kier molecular flexibility index (Phi) is 4.73. The predicted octanol–water partition coefficient (Wildman–Crippen LogP) is 2.85. The highest BCUT2D eigenvalue weighted by atomic mass is 32.2. The fourth-order valence-corrected chi connectivity index (χ4v) is 3.14. The van der Waals surface area contributed by atoms with E-state index in [1.807, 2.05) is 0 Å². The highest BCUT2D eigenvalue weighted by Crippen LogP contribution is 2.34. The molecule has 7 heteroatoms. The number of rotatable bonds is 5. The number of hydrogen-bond acceptors (Lipinski definition) is 3. The molecule has 3 nitrogen and oxygen atoms in total. The van der Waals surface area contributed by atoms with E-state index in [1.165, 1.54) is 6.07 Å². The number of alkyl halides is 3. The Morgan fingerprint density at radius 3 is 2.32 bits per heavy atom. The molecule has 0 unspecified atom stereocenters. The van der Waals surface area contributed by atoms with Gasteiger partial charge in [0.05, 0.1) is 10.5 Å². The summed E-state index contributed by atoms with van der Waals surface area (Å²) in [4.78, 5) is 10.5. The fourth-order valence-electron chi connectivity index (χ4n) is 1.61. The van der Waals surface area contributed by atoms with Crippen molar-refractivity contribution in [1.82, 2.24) is 0 Å². The van der Waals surface area contributed by atoms with Crippen LogP contribution in [0, 0.1) is 0 Å². The van der Waals surface area contributed by atoms with E-state index in [0.717, 1.165) is 12.1 Å². The number of sulfone groups is 1. The summed E-state index contributed by atoms with van der Waals surface area (Å²) < 4.78 is 61.9. The van der Waals surface area contributed by atoms with Crippen LogP contribution in [0.5, 0.6) is 0 Å². The standard InChI is InChI=1S/C12H13F3O3S/c1-2-5-9(16)8-19(17,18)11-7-4-3-6-10(11)12(13,14)15/h3-4,6-7H,2,5,8H2,1H3. The average molecular weight is 294 g/mol. The third kappa shape index (κ3) is 4.05. The van der Waals surface area contributed by atoms with E-state index < -0.39 is 38.0 Å². The van der Waals surface area contributed by atoms with Gasteiger partial charge in [0, 0.05) is 6.42 Å². The van der Waals surface area contributed by atoms with Gasteiger partial charge in [0.1, 0.15) is 11.5 Å². The van der Waals surface area contributed by atoms with Crippen molar-refractivity contribution < 1.29 is 26.4 Å². The van der Waals surface area contributed by atoms with Crippen LogP contribution in [0.3, 0.4) is 0 Å². The second-order valence-electron chi connectivity index (χ2n) is 4.04. The lowest BCUT2D eigenvalue weighted by Crippen LogP contribution is -2.20. The van der Waals surface area contributed by atoms with Crippen LogP contribution < -0.4 is 0 Å². The van der Waals surface area contributed by atoms with Gasteiger partial charge >= 0.3 is 6.18 Å². The molecule has 1 aromatic carbocycles. The van der Waals surface area contributed by atoms with E-state index in [0.29, 0.717) is 12.5 Å². The highest BCUT2D eigenvalue weighted by Gasteiger charge is 2.37. The minimum Gasteiger partial charge on any atom is -0.299 e. The van der Waals surface area contributed by atoms with Gasteiger partial charge in [0.2, 0.25) is 0 Å². The van der Waals surface area contributed by atoms with Crippen molar-refractivity contribution in [3.05, 3.63) is 29.8 Å². The Balaban J connectivity index is 3.19. The number of Topliss-reactive ketones (excluding diaryl/α,β-unsaturated/α-hetero) is 1. The van der Waals surface area contributed by atoms with Crippen LogP contribution in [0.4, 0.5) is 13.2 Å². The molecule has 0 bridgehead atoms. The van der Waals surface area contributed by atoms with Crippen molar-refractivity contribution in [2.75, 3.05) is 5.75 Å². The Morgan fingerprint density at radius 2 is 1.79 bits per heavy atom. The molecule has 0 aliphatic rings. The summed E-state index contributed by atoms with van der Waals surface area (Å²) in [5.41, 5.74) is -1.24. The second-order valence-corrected chi connectivity index (χ2v) is 6.00. The van der Waals surface area contributed by atoms with Crippen molar-refractivity contribution >= 4 is 15.6 Å². The van der Waals surface area contributed by atoms with E-state index in [9.17, 15) is 26.4 Å². The van der Waals surface area contributed by atoms with E-state index in [2.05, 4.69) is 0 Å². The van der Waals surface area contributed by atoms with Gasteiger partial charge in [-0.05, 0) is 18.6 Å². The zero-order valence-corrected chi connectivity index (χ0v) is 11.0. The van der Waals surface area contributed by atoms with E-state index >= 15 is 0 Å². The summed E-state index contributed by atoms with van der Waals surface area (Å²) in [7, 11) is -4.27. The first-order valence-electron chi connectivity index (χ1n) is 5.59. The minimum atomic E-state index is -4.77. The molecule has 0 heterocycles. The topological polar surface area (TPSA) is 51.2 Å². The van der Waals surface area contributed by atoms with Crippen LogP contribution >= 0.6 is 0 Å². The lowest BCUT2D eigenvalue weighted by molar-refractivity contribution is -0.139. The SMILES string of the molecule is CCCC(=O)CS(=O)(=O)c1ccccc1C(F)(F)F. The molecule has 0 N–H and O–H groups in total. The van der Waals surface area contributed by atoms with Gasteiger partial charge in [-0.25, -0.2) is 8.42 Å². The average Bonchev–Trinajstić information content (AvgIpc) is 2.27. The number of hydrogen-bond donors (Lipinski definition) is 0. The van der Waals surface area contributed by atoms with Gasteiger partial charge < -0.3 is 0 Å². The van der Waals surface area contributed by atoms with Crippen LogP contribution in [0.15, 0.2) is 29.2 Å². The van der Waals surface area contributed by atoms with Gasteiger partial charge in [-0.2, -0.15) is 13.2 Å². The van der Waals surface area contributed by atoms with Gasteiger partial charge in [-0.15, -0.1) is 0 Å². The van der Waals surface area contributed by atoms with Gasteiger partial charge in [0.25, 0.3) is 0 Å². The molecule has 0 radical (unpaired) electrons. The monoisotopic (exact) mass is 294 g/mol. The number of halogens is 3. The summed E-state index contributed by atoms with van der Waals surface area (Å²) in [6, 6.07) is 3.87. The molecule has 0 fully saturated rings. The van der Waals surface area contributed by atoms with E-state index in [4.69, 9.17) is 0 Å². The second kappa shape index (κ2) is 5.73. The van der Waals surface area contributed by atoms with Crippen molar-refractivity contribution in [2.24, 2.45) is 0 Å². The Morgan fingerprint density at radius 1 is 1.21 bits per heavy atom. The lowest BCUT2D eigenvalue weighted by atomic mass is 10.2. The zero-order chi connectivity index (χ0) is 14.7.